The molecule has 0 aliphatic rings. The van der Waals surface area contributed by atoms with E-state index in [1.807, 2.05) is 25.3 Å². The van der Waals surface area contributed by atoms with Gasteiger partial charge in [0.25, 0.3) is 0 Å². The van der Waals surface area contributed by atoms with Crippen LogP contribution in [0.5, 0.6) is 0 Å². The zero-order chi connectivity index (χ0) is 12.3. The summed E-state index contributed by atoms with van der Waals surface area (Å²) in [5.41, 5.74) is 14.0. The topological polar surface area (TPSA) is 89.8 Å². The molecule has 0 saturated carbocycles. The molecule has 2 rings (SSSR count). The molecule has 5 nitrogen and oxygen atoms in total. The monoisotopic (exact) mass is 229 g/mol. The quantitative estimate of drug-likeness (QED) is 0.743. The molecule has 0 aliphatic carbocycles. The van der Waals surface area contributed by atoms with Crippen molar-refractivity contribution in [2.24, 2.45) is 0 Å². The van der Waals surface area contributed by atoms with Crippen LogP contribution < -0.4 is 16.8 Å². The first kappa shape index (κ1) is 11.2. The van der Waals surface area contributed by atoms with E-state index in [0.717, 1.165) is 5.56 Å². The molecular weight excluding hydrogens is 214 g/mol. The van der Waals surface area contributed by atoms with Crippen LogP contribution in [0.25, 0.3) is 0 Å². The van der Waals surface area contributed by atoms with E-state index >= 15 is 0 Å². The lowest BCUT2D eigenvalue weighted by atomic mass is 10.1. The Bertz CT molecular complexity index is 524. The summed E-state index contributed by atoms with van der Waals surface area (Å²) in [6, 6.07) is 5.52. The highest BCUT2D eigenvalue weighted by atomic mass is 15.0. The molecule has 0 fully saturated rings. The van der Waals surface area contributed by atoms with Crippen molar-refractivity contribution in [1.29, 1.82) is 0 Å². The predicted molar refractivity (Wildman–Crippen MR) is 69.4 cm³/mol. The van der Waals surface area contributed by atoms with Crippen LogP contribution in [0.1, 0.15) is 11.1 Å². The number of anilines is 3. The number of aromatic nitrogens is 2. The van der Waals surface area contributed by atoms with Crippen LogP contribution in [-0.4, -0.2) is 9.97 Å². The Kier molecular flexibility index (Phi) is 3.09. The van der Waals surface area contributed by atoms with E-state index in [9.17, 15) is 0 Å². The molecule has 0 aromatic carbocycles. The lowest BCUT2D eigenvalue weighted by molar-refractivity contribution is 1.07. The Morgan fingerprint density at radius 3 is 2.76 bits per heavy atom. The van der Waals surface area contributed by atoms with Crippen molar-refractivity contribution in [2.45, 2.75) is 13.5 Å². The smallest absolute Gasteiger partial charge is 0.149 e. The summed E-state index contributed by atoms with van der Waals surface area (Å²) in [5, 5.41) is 3.20. The maximum absolute atomic E-state index is 5.63. The van der Waals surface area contributed by atoms with Gasteiger partial charge in [-0.1, -0.05) is 0 Å². The highest BCUT2D eigenvalue weighted by Crippen LogP contribution is 2.15. The number of nitrogens with two attached hydrogens (primary N) is 2. The fourth-order valence-corrected chi connectivity index (χ4v) is 1.47. The van der Waals surface area contributed by atoms with Gasteiger partial charge < -0.3 is 16.8 Å². The number of pyridine rings is 2. The van der Waals surface area contributed by atoms with Crippen LogP contribution in [0.2, 0.25) is 0 Å². The normalized spacial score (nSPS) is 10.2. The summed E-state index contributed by atoms with van der Waals surface area (Å²) >= 11 is 0. The molecule has 0 bridgehead atoms. The minimum absolute atomic E-state index is 0.349. The van der Waals surface area contributed by atoms with Gasteiger partial charge in [-0.25, -0.2) is 4.98 Å². The Labute approximate surface area is 99.9 Å². The van der Waals surface area contributed by atoms with Gasteiger partial charge in [-0.05, 0) is 36.2 Å². The number of rotatable bonds is 3. The summed E-state index contributed by atoms with van der Waals surface area (Å²) in [6.07, 6.45) is 3.61. The Morgan fingerprint density at radius 2 is 2.06 bits per heavy atom. The maximum atomic E-state index is 5.63. The first-order valence-corrected chi connectivity index (χ1v) is 5.32. The molecule has 0 unspecified atom stereocenters. The number of aryl methyl sites for hydroxylation is 1. The fraction of sp³-hybridized carbons (Fsp3) is 0.167. The van der Waals surface area contributed by atoms with Crippen molar-refractivity contribution in [3.63, 3.8) is 0 Å². The molecule has 0 spiro atoms. The van der Waals surface area contributed by atoms with Crippen molar-refractivity contribution >= 4 is 17.3 Å². The van der Waals surface area contributed by atoms with Crippen LogP contribution in [0.3, 0.4) is 0 Å². The lowest BCUT2D eigenvalue weighted by Gasteiger charge is -2.09. The van der Waals surface area contributed by atoms with Gasteiger partial charge in [-0.3, -0.25) is 4.98 Å². The number of nitrogens with one attached hydrogen (secondary N) is 1. The molecule has 0 saturated heterocycles. The Balaban J connectivity index is 2.08. The van der Waals surface area contributed by atoms with Crippen LogP contribution >= 0.6 is 0 Å². The van der Waals surface area contributed by atoms with Gasteiger partial charge in [-0.2, -0.15) is 0 Å². The standard InChI is InChI=1S/C12H15N5/c1-8-6-15-5-4-9(8)7-16-11-3-2-10(13)12(14)17-11/h2-6H,7,13H2,1H3,(H3,14,16,17). The van der Waals surface area contributed by atoms with Gasteiger partial charge in [0, 0.05) is 18.9 Å². The highest BCUT2D eigenvalue weighted by Gasteiger charge is 2.00. The van der Waals surface area contributed by atoms with Gasteiger partial charge in [0.05, 0.1) is 5.69 Å². The van der Waals surface area contributed by atoms with E-state index in [-0.39, 0.29) is 0 Å². The minimum atomic E-state index is 0.349. The van der Waals surface area contributed by atoms with Crippen LogP contribution in [0, 0.1) is 6.92 Å². The molecule has 88 valence electrons. The van der Waals surface area contributed by atoms with Crippen molar-refractivity contribution in [2.75, 3.05) is 16.8 Å². The molecule has 2 aromatic rings. The molecule has 0 amide bonds. The van der Waals surface area contributed by atoms with Crippen molar-refractivity contribution in [3.8, 4) is 0 Å². The average Bonchev–Trinajstić information content (AvgIpc) is 2.32. The van der Waals surface area contributed by atoms with E-state index in [4.69, 9.17) is 11.5 Å². The predicted octanol–water partition coefficient (Wildman–Crippen LogP) is 1.56. The van der Waals surface area contributed by atoms with E-state index in [0.29, 0.717) is 23.9 Å². The van der Waals surface area contributed by atoms with Crippen molar-refractivity contribution in [3.05, 3.63) is 41.7 Å². The fourth-order valence-electron chi connectivity index (χ4n) is 1.47. The molecular formula is C12H15N5. The molecule has 2 aromatic heterocycles. The van der Waals surface area contributed by atoms with Crippen LogP contribution in [0.4, 0.5) is 17.3 Å². The Hall–Kier alpha value is -2.30. The molecule has 0 radical (unpaired) electrons. The molecule has 2 heterocycles. The average molecular weight is 229 g/mol. The van der Waals surface area contributed by atoms with Crippen LogP contribution in [-0.2, 0) is 6.54 Å². The van der Waals surface area contributed by atoms with Gasteiger partial charge in [0.1, 0.15) is 11.6 Å². The van der Waals surface area contributed by atoms with Crippen molar-refractivity contribution < 1.29 is 0 Å². The first-order valence-electron chi connectivity index (χ1n) is 5.32. The van der Waals surface area contributed by atoms with E-state index < -0.39 is 0 Å². The van der Waals surface area contributed by atoms with Crippen LogP contribution in [0.15, 0.2) is 30.6 Å². The van der Waals surface area contributed by atoms with E-state index in [2.05, 4.69) is 15.3 Å². The highest BCUT2D eigenvalue weighted by molar-refractivity contribution is 5.61. The van der Waals surface area contributed by atoms with E-state index in [1.165, 1.54) is 5.56 Å². The Morgan fingerprint density at radius 1 is 1.24 bits per heavy atom. The molecule has 17 heavy (non-hydrogen) atoms. The largest absolute Gasteiger partial charge is 0.396 e. The summed E-state index contributed by atoms with van der Waals surface area (Å²) in [4.78, 5) is 8.19. The minimum Gasteiger partial charge on any atom is -0.396 e. The SMILES string of the molecule is Cc1cnccc1CNc1ccc(N)c(N)n1. The first-order chi connectivity index (χ1) is 8.16. The zero-order valence-corrected chi connectivity index (χ0v) is 9.64. The second-order valence-electron chi connectivity index (χ2n) is 3.83. The summed E-state index contributed by atoms with van der Waals surface area (Å²) in [7, 11) is 0. The number of hydrogen-bond donors (Lipinski definition) is 3. The molecule has 5 heteroatoms. The third kappa shape index (κ3) is 2.63. The summed E-state index contributed by atoms with van der Waals surface area (Å²) in [6.45, 7) is 2.71. The lowest BCUT2D eigenvalue weighted by Crippen LogP contribution is -2.05. The number of nitrogens with zero attached hydrogens (tertiary/aromatic N) is 2. The third-order valence-corrected chi connectivity index (χ3v) is 2.55. The zero-order valence-electron chi connectivity index (χ0n) is 9.64. The second kappa shape index (κ2) is 4.69. The number of nitrogen functional groups attached to an aromatic ring is 2. The van der Waals surface area contributed by atoms with Gasteiger partial charge in [0.15, 0.2) is 0 Å². The molecule has 0 atom stereocenters. The third-order valence-electron chi connectivity index (χ3n) is 2.55. The maximum Gasteiger partial charge on any atom is 0.149 e. The summed E-state index contributed by atoms with van der Waals surface area (Å²) in [5.74, 6) is 1.06. The summed E-state index contributed by atoms with van der Waals surface area (Å²) < 4.78 is 0. The van der Waals surface area contributed by atoms with Gasteiger partial charge in [0.2, 0.25) is 0 Å². The van der Waals surface area contributed by atoms with Gasteiger partial charge >= 0.3 is 0 Å². The molecule has 5 N–H and O–H groups in total. The molecule has 0 aliphatic heterocycles. The van der Waals surface area contributed by atoms with E-state index in [1.54, 1.807) is 12.3 Å². The second-order valence-corrected chi connectivity index (χ2v) is 3.83. The van der Waals surface area contributed by atoms with Gasteiger partial charge in [-0.15, -0.1) is 0 Å². The number of hydrogen-bond acceptors (Lipinski definition) is 5. The van der Waals surface area contributed by atoms with Crippen molar-refractivity contribution in [1.82, 2.24) is 9.97 Å².